The molecule has 0 atom stereocenters. The van der Waals surface area contributed by atoms with Crippen molar-refractivity contribution in [3.8, 4) is 11.4 Å². The predicted molar refractivity (Wildman–Crippen MR) is 90.3 cm³/mol. The molecule has 5 heteroatoms. The molecule has 0 aliphatic heterocycles. The van der Waals surface area contributed by atoms with Gasteiger partial charge in [-0.15, -0.1) is 0 Å². The molecule has 3 aromatic rings. The summed E-state index contributed by atoms with van der Waals surface area (Å²) >= 11 is 0. The fourth-order valence-electron chi connectivity index (χ4n) is 2.25. The molecule has 1 aromatic carbocycles. The van der Waals surface area contributed by atoms with Gasteiger partial charge in [0.1, 0.15) is 12.4 Å². The first-order valence-corrected chi connectivity index (χ1v) is 7.61. The number of pyridine rings is 1. The lowest BCUT2D eigenvalue weighted by molar-refractivity contribution is 0.0472. The first-order valence-electron chi connectivity index (χ1n) is 7.61. The highest BCUT2D eigenvalue weighted by Gasteiger charge is 2.11. The quantitative estimate of drug-likeness (QED) is 0.689. The number of rotatable bonds is 4. The third-order valence-corrected chi connectivity index (χ3v) is 3.55. The summed E-state index contributed by atoms with van der Waals surface area (Å²) in [4.78, 5) is 25.0. The van der Waals surface area contributed by atoms with Crippen LogP contribution in [0, 0.1) is 13.8 Å². The van der Waals surface area contributed by atoms with Crippen LogP contribution in [-0.2, 0) is 11.3 Å². The van der Waals surface area contributed by atoms with Crippen LogP contribution in [0.4, 0.5) is 0 Å². The largest absolute Gasteiger partial charge is 0.457 e. The summed E-state index contributed by atoms with van der Waals surface area (Å²) in [6, 6.07) is 13.0. The van der Waals surface area contributed by atoms with Crippen LogP contribution in [0.1, 0.15) is 27.3 Å². The van der Waals surface area contributed by atoms with Crippen LogP contribution in [0.15, 0.2) is 54.9 Å². The number of ether oxygens (including phenoxy) is 1. The molecule has 0 spiro atoms. The zero-order chi connectivity index (χ0) is 16.9. The molecular weight excluding hydrogens is 302 g/mol. The van der Waals surface area contributed by atoms with E-state index in [1.165, 1.54) is 6.20 Å². The van der Waals surface area contributed by atoms with Crippen LogP contribution < -0.4 is 0 Å². The zero-order valence-electron chi connectivity index (χ0n) is 13.6. The van der Waals surface area contributed by atoms with Gasteiger partial charge in [-0.2, -0.15) is 0 Å². The molecule has 5 nitrogen and oxygen atoms in total. The van der Waals surface area contributed by atoms with Gasteiger partial charge < -0.3 is 4.74 Å². The lowest BCUT2D eigenvalue weighted by Crippen LogP contribution is -2.06. The van der Waals surface area contributed by atoms with Crippen molar-refractivity contribution in [1.82, 2.24) is 15.0 Å². The molecule has 24 heavy (non-hydrogen) atoms. The van der Waals surface area contributed by atoms with E-state index in [-0.39, 0.29) is 6.61 Å². The summed E-state index contributed by atoms with van der Waals surface area (Å²) in [5, 5.41) is 0. The van der Waals surface area contributed by atoms with Crippen LogP contribution in [0.2, 0.25) is 0 Å². The first-order chi connectivity index (χ1) is 11.6. The Bertz CT molecular complexity index is 846. The number of carbonyl (C=O) groups is 1. The fourth-order valence-corrected chi connectivity index (χ4v) is 2.25. The minimum Gasteiger partial charge on any atom is -0.457 e. The summed E-state index contributed by atoms with van der Waals surface area (Å²) in [5.74, 6) is 0.289. The van der Waals surface area contributed by atoms with Gasteiger partial charge in [0.2, 0.25) is 0 Å². The summed E-state index contributed by atoms with van der Waals surface area (Å²) in [6.45, 7) is 4.00. The Morgan fingerprint density at radius 3 is 2.50 bits per heavy atom. The van der Waals surface area contributed by atoms with E-state index in [2.05, 4.69) is 15.0 Å². The van der Waals surface area contributed by atoms with E-state index in [4.69, 9.17) is 4.74 Å². The number of esters is 1. The van der Waals surface area contributed by atoms with Crippen molar-refractivity contribution in [1.29, 1.82) is 0 Å². The van der Waals surface area contributed by atoms with E-state index in [9.17, 15) is 4.79 Å². The van der Waals surface area contributed by atoms with Gasteiger partial charge in [0.15, 0.2) is 0 Å². The fraction of sp³-hybridized carbons (Fsp3) is 0.158. The van der Waals surface area contributed by atoms with Crippen molar-refractivity contribution in [2.45, 2.75) is 20.5 Å². The maximum Gasteiger partial charge on any atom is 0.340 e. The van der Waals surface area contributed by atoms with E-state index < -0.39 is 5.97 Å². The Balaban J connectivity index is 1.72. The SMILES string of the molecule is Cc1ncc(C)c(-c2ccc(C(=O)OCc3ccccc3)cn2)n1. The Morgan fingerprint density at radius 1 is 1.00 bits per heavy atom. The molecule has 0 radical (unpaired) electrons. The van der Waals surface area contributed by atoms with Crippen molar-refractivity contribution in [3.63, 3.8) is 0 Å². The number of nitrogens with zero attached hydrogens (tertiary/aromatic N) is 3. The number of hydrogen-bond donors (Lipinski definition) is 0. The number of carbonyl (C=O) groups excluding carboxylic acids is 1. The number of hydrogen-bond acceptors (Lipinski definition) is 5. The second kappa shape index (κ2) is 7.00. The van der Waals surface area contributed by atoms with Crippen LogP contribution in [0.3, 0.4) is 0 Å². The minimum atomic E-state index is -0.395. The third kappa shape index (κ3) is 3.63. The smallest absolute Gasteiger partial charge is 0.340 e. The van der Waals surface area contributed by atoms with Crippen LogP contribution in [0.25, 0.3) is 11.4 Å². The van der Waals surface area contributed by atoms with Crippen molar-refractivity contribution in [2.75, 3.05) is 0 Å². The molecule has 2 heterocycles. The Kier molecular flexibility index (Phi) is 4.61. The molecule has 0 amide bonds. The number of aromatic nitrogens is 3. The number of aryl methyl sites for hydroxylation is 2. The molecule has 120 valence electrons. The second-order valence-electron chi connectivity index (χ2n) is 5.44. The first kappa shape index (κ1) is 15.8. The van der Waals surface area contributed by atoms with Crippen LogP contribution in [0.5, 0.6) is 0 Å². The normalized spacial score (nSPS) is 10.4. The van der Waals surface area contributed by atoms with Gasteiger partial charge in [0.05, 0.1) is 17.0 Å². The zero-order valence-corrected chi connectivity index (χ0v) is 13.6. The highest BCUT2D eigenvalue weighted by molar-refractivity contribution is 5.89. The van der Waals surface area contributed by atoms with Gasteiger partial charge in [-0.05, 0) is 37.1 Å². The third-order valence-electron chi connectivity index (χ3n) is 3.55. The molecule has 0 N–H and O–H groups in total. The van der Waals surface area contributed by atoms with E-state index in [1.807, 2.05) is 44.2 Å². The van der Waals surface area contributed by atoms with Gasteiger partial charge in [0, 0.05) is 12.4 Å². The van der Waals surface area contributed by atoms with Crippen molar-refractivity contribution in [3.05, 3.63) is 77.4 Å². The maximum absolute atomic E-state index is 12.1. The van der Waals surface area contributed by atoms with Crippen LogP contribution >= 0.6 is 0 Å². The van der Waals surface area contributed by atoms with E-state index in [0.29, 0.717) is 17.1 Å². The standard InChI is InChI=1S/C19H17N3O2/c1-13-10-20-14(2)22-18(13)17-9-8-16(11-21-17)19(23)24-12-15-6-4-3-5-7-15/h3-11H,12H2,1-2H3. The Morgan fingerprint density at radius 2 is 1.79 bits per heavy atom. The second-order valence-corrected chi connectivity index (χ2v) is 5.44. The lowest BCUT2D eigenvalue weighted by atomic mass is 10.1. The average Bonchev–Trinajstić information content (AvgIpc) is 2.63. The van der Waals surface area contributed by atoms with Gasteiger partial charge in [-0.25, -0.2) is 14.8 Å². The molecule has 0 unspecified atom stereocenters. The predicted octanol–water partition coefficient (Wildman–Crippen LogP) is 3.51. The molecule has 0 aliphatic carbocycles. The van der Waals surface area contributed by atoms with Crippen LogP contribution in [-0.4, -0.2) is 20.9 Å². The lowest BCUT2D eigenvalue weighted by Gasteiger charge is -2.07. The maximum atomic E-state index is 12.1. The molecule has 0 saturated heterocycles. The summed E-state index contributed by atoms with van der Waals surface area (Å²) in [5.41, 5.74) is 3.78. The Labute approximate surface area is 140 Å². The van der Waals surface area contributed by atoms with E-state index >= 15 is 0 Å². The summed E-state index contributed by atoms with van der Waals surface area (Å²) < 4.78 is 5.30. The van der Waals surface area contributed by atoms with Gasteiger partial charge >= 0.3 is 5.97 Å². The van der Waals surface area contributed by atoms with Crippen molar-refractivity contribution >= 4 is 5.97 Å². The highest BCUT2D eigenvalue weighted by Crippen LogP contribution is 2.18. The topological polar surface area (TPSA) is 65.0 Å². The molecule has 0 bridgehead atoms. The molecule has 0 saturated carbocycles. The van der Waals surface area contributed by atoms with Gasteiger partial charge in [0.25, 0.3) is 0 Å². The van der Waals surface area contributed by atoms with Gasteiger partial charge in [-0.1, -0.05) is 30.3 Å². The summed E-state index contributed by atoms with van der Waals surface area (Å²) in [7, 11) is 0. The van der Waals surface area contributed by atoms with Crippen molar-refractivity contribution in [2.24, 2.45) is 0 Å². The highest BCUT2D eigenvalue weighted by atomic mass is 16.5. The van der Waals surface area contributed by atoms with E-state index in [1.54, 1.807) is 18.3 Å². The molecular formula is C19H17N3O2. The molecule has 3 rings (SSSR count). The van der Waals surface area contributed by atoms with E-state index in [0.717, 1.165) is 16.8 Å². The van der Waals surface area contributed by atoms with Crippen molar-refractivity contribution < 1.29 is 9.53 Å². The molecule has 0 aliphatic rings. The molecule has 2 aromatic heterocycles. The van der Waals surface area contributed by atoms with Gasteiger partial charge in [-0.3, -0.25) is 4.98 Å². The monoisotopic (exact) mass is 319 g/mol. The Hall–Kier alpha value is -3.08. The molecule has 0 fully saturated rings. The summed E-state index contributed by atoms with van der Waals surface area (Å²) in [6.07, 6.45) is 3.28. The number of benzene rings is 1. The average molecular weight is 319 g/mol. The minimum absolute atomic E-state index is 0.242.